The first kappa shape index (κ1) is 16.8. The molecule has 2 nitrogen and oxygen atoms in total. The summed E-state index contributed by atoms with van der Waals surface area (Å²) >= 11 is 5.87. The van der Waals surface area contributed by atoms with Gasteiger partial charge in [0.05, 0.1) is 8.04 Å². The maximum Gasteiger partial charge on any atom is 0.141 e. The predicted octanol–water partition coefficient (Wildman–Crippen LogP) is 5.59. The molecule has 0 aliphatic rings. The molecule has 0 amide bonds. The van der Waals surface area contributed by atoms with Crippen molar-refractivity contribution < 1.29 is 4.74 Å². The fraction of sp³-hybridized carbons (Fsp3) is 0.294. The molecule has 2 rings (SSSR count). The molecule has 0 atom stereocenters. The van der Waals surface area contributed by atoms with Crippen molar-refractivity contribution in [2.24, 2.45) is 5.92 Å². The molecule has 0 aliphatic heterocycles. The van der Waals surface area contributed by atoms with Crippen LogP contribution in [0.1, 0.15) is 19.4 Å². The van der Waals surface area contributed by atoms with Crippen molar-refractivity contribution in [1.29, 1.82) is 0 Å². The standard InChI is InChI=1S/C17H19BrINO/c1-12(2)10-20-11-13-7-8-16(14(18)9-13)21-17-6-4-3-5-15(17)19/h3-9,12,20H,10-11H2,1-2H3. The molecule has 0 radical (unpaired) electrons. The minimum absolute atomic E-state index is 0.663. The van der Waals surface area contributed by atoms with Crippen LogP contribution in [0.15, 0.2) is 46.9 Å². The van der Waals surface area contributed by atoms with Gasteiger partial charge in [0, 0.05) is 6.54 Å². The van der Waals surface area contributed by atoms with E-state index in [-0.39, 0.29) is 0 Å². The Morgan fingerprint density at radius 1 is 1.14 bits per heavy atom. The smallest absolute Gasteiger partial charge is 0.141 e. The summed E-state index contributed by atoms with van der Waals surface area (Å²) in [5.74, 6) is 2.38. The second-order valence-electron chi connectivity index (χ2n) is 5.32. The topological polar surface area (TPSA) is 21.3 Å². The minimum Gasteiger partial charge on any atom is -0.455 e. The third-order valence-corrected chi connectivity index (χ3v) is 4.45. The summed E-state index contributed by atoms with van der Waals surface area (Å²) in [5.41, 5.74) is 1.25. The van der Waals surface area contributed by atoms with Crippen LogP contribution in [0.25, 0.3) is 0 Å². The Morgan fingerprint density at radius 2 is 1.90 bits per heavy atom. The van der Waals surface area contributed by atoms with Crippen LogP contribution >= 0.6 is 38.5 Å². The molecule has 0 spiro atoms. The summed E-state index contributed by atoms with van der Waals surface area (Å²) in [6.07, 6.45) is 0. The molecule has 0 saturated heterocycles. The van der Waals surface area contributed by atoms with E-state index in [9.17, 15) is 0 Å². The second-order valence-corrected chi connectivity index (χ2v) is 7.34. The zero-order chi connectivity index (χ0) is 15.2. The van der Waals surface area contributed by atoms with Gasteiger partial charge in [-0.15, -0.1) is 0 Å². The van der Waals surface area contributed by atoms with E-state index in [1.165, 1.54) is 5.56 Å². The zero-order valence-corrected chi connectivity index (χ0v) is 15.9. The van der Waals surface area contributed by atoms with Gasteiger partial charge in [-0.1, -0.05) is 32.0 Å². The average molecular weight is 460 g/mol. The molecule has 4 heteroatoms. The van der Waals surface area contributed by atoms with Gasteiger partial charge in [-0.05, 0) is 80.8 Å². The number of halogens is 2. The van der Waals surface area contributed by atoms with Gasteiger partial charge in [-0.25, -0.2) is 0 Å². The van der Waals surface area contributed by atoms with Crippen molar-refractivity contribution in [3.05, 3.63) is 56.1 Å². The second kappa shape index (κ2) is 8.15. The van der Waals surface area contributed by atoms with Gasteiger partial charge in [-0.3, -0.25) is 0 Å². The van der Waals surface area contributed by atoms with E-state index in [2.05, 4.69) is 69.8 Å². The van der Waals surface area contributed by atoms with Crippen LogP contribution in [0.4, 0.5) is 0 Å². The normalized spacial score (nSPS) is 10.9. The molecule has 2 aromatic carbocycles. The van der Waals surface area contributed by atoms with Crippen LogP contribution < -0.4 is 10.1 Å². The molecule has 1 N–H and O–H groups in total. The van der Waals surface area contributed by atoms with Crippen molar-refractivity contribution in [2.45, 2.75) is 20.4 Å². The highest BCUT2D eigenvalue weighted by Gasteiger charge is 2.06. The van der Waals surface area contributed by atoms with Gasteiger partial charge in [0.2, 0.25) is 0 Å². The summed E-state index contributed by atoms with van der Waals surface area (Å²) in [6, 6.07) is 14.2. The molecule has 0 bridgehead atoms. The molecule has 21 heavy (non-hydrogen) atoms. The van der Waals surface area contributed by atoms with E-state index in [0.717, 1.165) is 32.6 Å². The Kier molecular flexibility index (Phi) is 6.51. The third-order valence-electron chi connectivity index (χ3n) is 2.93. The first-order valence-electron chi connectivity index (χ1n) is 6.98. The van der Waals surface area contributed by atoms with Crippen LogP contribution in [-0.2, 0) is 6.54 Å². The Bertz CT molecular complexity index is 601. The largest absolute Gasteiger partial charge is 0.455 e. The Hall–Kier alpha value is -0.590. The third kappa shape index (κ3) is 5.27. The van der Waals surface area contributed by atoms with Crippen LogP contribution in [0.2, 0.25) is 0 Å². The van der Waals surface area contributed by atoms with Crippen molar-refractivity contribution in [3.63, 3.8) is 0 Å². The lowest BCUT2D eigenvalue weighted by atomic mass is 10.2. The SMILES string of the molecule is CC(C)CNCc1ccc(Oc2ccccc2I)c(Br)c1. The lowest BCUT2D eigenvalue weighted by Gasteiger charge is -2.12. The van der Waals surface area contributed by atoms with Gasteiger partial charge in [0.15, 0.2) is 0 Å². The zero-order valence-electron chi connectivity index (χ0n) is 12.2. The lowest BCUT2D eigenvalue weighted by Crippen LogP contribution is -2.18. The molecular formula is C17H19BrINO. The quantitative estimate of drug-likeness (QED) is 0.568. The molecule has 0 saturated carbocycles. The summed E-state index contributed by atoms with van der Waals surface area (Å²) in [6.45, 7) is 6.32. The van der Waals surface area contributed by atoms with E-state index < -0.39 is 0 Å². The predicted molar refractivity (Wildman–Crippen MR) is 99.9 cm³/mol. The number of benzene rings is 2. The van der Waals surface area contributed by atoms with E-state index >= 15 is 0 Å². The highest BCUT2D eigenvalue weighted by Crippen LogP contribution is 2.32. The Morgan fingerprint density at radius 3 is 2.57 bits per heavy atom. The van der Waals surface area contributed by atoms with Crippen molar-refractivity contribution in [3.8, 4) is 11.5 Å². The number of ether oxygens (including phenoxy) is 1. The molecule has 112 valence electrons. The Labute approximate surface area is 148 Å². The van der Waals surface area contributed by atoms with Gasteiger partial charge in [0.25, 0.3) is 0 Å². The molecule has 2 aromatic rings. The molecule has 0 aliphatic carbocycles. The van der Waals surface area contributed by atoms with E-state index in [1.807, 2.05) is 30.3 Å². The fourth-order valence-corrected chi connectivity index (χ4v) is 2.89. The van der Waals surface area contributed by atoms with Crippen molar-refractivity contribution in [1.82, 2.24) is 5.32 Å². The van der Waals surface area contributed by atoms with Crippen LogP contribution in [0.5, 0.6) is 11.5 Å². The number of hydrogen-bond donors (Lipinski definition) is 1. The Balaban J connectivity index is 2.04. The van der Waals surface area contributed by atoms with Gasteiger partial charge >= 0.3 is 0 Å². The molecule has 0 fully saturated rings. The summed E-state index contributed by atoms with van der Waals surface area (Å²) in [7, 11) is 0. The maximum atomic E-state index is 5.96. The average Bonchev–Trinajstić information content (AvgIpc) is 2.43. The van der Waals surface area contributed by atoms with Crippen molar-refractivity contribution in [2.75, 3.05) is 6.54 Å². The molecular weight excluding hydrogens is 441 g/mol. The number of hydrogen-bond acceptors (Lipinski definition) is 2. The number of rotatable bonds is 6. The van der Waals surface area contributed by atoms with Gasteiger partial charge in [-0.2, -0.15) is 0 Å². The van der Waals surface area contributed by atoms with Crippen LogP contribution in [0.3, 0.4) is 0 Å². The van der Waals surface area contributed by atoms with E-state index in [1.54, 1.807) is 0 Å². The molecule has 0 unspecified atom stereocenters. The van der Waals surface area contributed by atoms with Gasteiger partial charge < -0.3 is 10.1 Å². The highest BCUT2D eigenvalue weighted by molar-refractivity contribution is 14.1. The van der Waals surface area contributed by atoms with Crippen LogP contribution in [0, 0.1) is 9.49 Å². The van der Waals surface area contributed by atoms with E-state index in [0.29, 0.717) is 5.92 Å². The first-order chi connectivity index (χ1) is 10.1. The number of nitrogens with one attached hydrogen (secondary N) is 1. The molecule has 0 aromatic heterocycles. The maximum absolute atomic E-state index is 5.96. The number of para-hydroxylation sites is 1. The van der Waals surface area contributed by atoms with Crippen LogP contribution in [-0.4, -0.2) is 6.54 Å². The monoisotopic (exact) mass is 459 g/mol. The lowest BCUT2D eigenvalue weighted by molar-refractivity contribution is 0.475. The summed E-state index contributed by atoms with van der Waals surface area (Å²) < 4.78 is 8.04. The fourth-order valence-electron chi connectivity index (χ4n) is 1.89. The summed E-state index contributed by atoms with van der Waals surface area (Å²) in [4.78, 5) is 0. The van der Waals surface area contributed by atoms with E-state index in [4.69, 9.17) is 4.74 Å². The van der Waals surface area contributed by atoms with Crippen molar-refractivity contribution >= 4 is 38.5 Å². The van der Waals surface area contributed by atoms with Gasteiger partial charge in [0.1, 0.15) is 11.5 Å². The first-order valence-corrected chi connectivity index (χ1v) is 8.85. The highest BCUT2D eigenvalue weighted by atomic mass is 127. The summed E-state index contributed by atoms with van der Waals surface area (Å²) in [5, 5.41) is 3.44. The minimum atomic E-state index is 0.663. The molecule has 0 heterocycles.